The number of rotatable bonds is 6. The first-order valence-electron chi connectivity index (χ1n) is 7.16. The predicted octanol–water partition coefficient (Wildman–Crippen LogP) is 3.72. The first-order chi connectivity index (χ1) is 10.6. The van der Waals surface area contributed by atoms with Gasteiger partial charge >= 0.3 is 5.97 Å². The van der Waals surface area contributed by atoms with E-state index < -0.39 is 0 Å². The highest BCUT2D eigenvalue weighted by Crippen LogP contribution is 2.25. The Morgan fingerprint density at radius 1 is 1.05 bits per heavy atom. The van der Waals surface area contributed by atoms with Crippen LogP contribution in [0.2, 0.25) is 0 Å². The van der Waals surface area contributed by atoms with Crippen LogP contribution in [-0.2, 0) is 9.53 Å². The van der Waals surface area contributed by atoms with Gasteiger partial charge in [0.1, 0.15) is 5.75 Å². The van der Waals surface area contributed by atoms with Gasteiger partial charge in [-0.15, -0.1) is 0 Å². The van der Waals surface area contributed by atoms with Crippen LogP contribution in [0.15, 0.2) is 48.5 Å². The fourth-order valence-corrected chi connectivity index (χ4v) is 2.19. The Labute approximate surface area is 131 Å². The topological polar surface area (TPSA) is 47.6 Å². The summed E-state index contributed by atoms with van der Waals surface area (Å²) in [5.74, 6) is 0.553. The van der Waals surface area contributed by atoms with E-state index in [0.29, 0.717) is 0 Å². The van der Waals surface area contributed by atoms with Crippen molar-refractivity contribution in [3.63, 3.8) is 0 Å². The minimum Gasteiger partial charge on any atom is -0.497 e. The number of carbonyl (C=O) groups excluding carboxylic acids is 1. The fourth-order valence-electron chi connectivity index (χ4n) is 2.19. The Morgan fingerprint density at radius 3 is 2.23 bits per heavy atom. The van der Waals surface area contributed by atoms with Crippen molar-refractivity contribution >= 4 is 11.7 Å². The Morgan fingerprint density at radius 2 is 1.68 bits per heavy atom. The lowest BCUT2D eigenvalue weighted by molar-refractivity contribution is -0.140. The second-order valence-corrected chi connectivity index (χ2v) is 5.12. The largest absolute Gasteiger partial charge is 0.497 e. The molecule has 0 unspecified atom stereocenters. The second-order valence-electron chi connectivity index (χ2n) is 5.12. The Kier molecular flexibility index (Phi) is 5.42. The van der Waals surface area contributed by atoms with Crippen LogP contribution in [0.3, 0.4) is 0 Å². The number of carbonyl (C=O) groups is 1. The van der Waals surface area contributed by atoms with Gasteiger partial charge in [-0.2, -0.15) is 0 Å². The summed E-state index contributed by atoms with van der Waals surface area (Å²) < 4.78 is 9.95. The molecule has 0 fully saturated rings. The predicted molar refractivity (Wildman–Crippen MR) is 87.2 cm³/mol. The van der Waals surface area contributed by atoms with Crippen molar-refractivity contribution in [1.82, 2.24) is 0 Å². The van der Waals surface area contributed by atoms with Gasteiger partial charge in [0, 0.05) is 5.69 Å². The highest BCUT2D eigenvalue weighted by molar-refractivity contribution is 5.71. The molecular formula is C18H21NO3. The van der Waals surface area contributed by atoms with Crippen molar-refractivity contribution in [1.29, 1.82) is 0 Å². The van der Waals surface area contributed by atoms with Crippen molar-refractivity contribution in [2.45, 2.75) is 19.4 Å². The number of ether oxygens (including phenoxy) is 2. The highest BCUT2D eigenvalue weighted by atomic mass is 16.5. The number of benzene rings is 2. The third-order valence-electron chi connectivity index (χ3n) is 3.51. The minimum absolute atomic E-state index is 0.138. The Balaban J connectivity index is 2.19. The van der Waals surface area contributed by atoms with E-state index in [9.17, 15) is 4.79 Å². The molecule has 2 aromatic carbocycles. The van der Waals surface area contributed by atoms with Crippen LogP contribution in [0.4, 0.5) is 5.69 Å². The van der Waals surface area contributed by atoms with Crippen molar-refractivity contribution < 1.29 is 14.3 Å². The summed E-state index contributed by atoms with van der Waals surface area (Å²) in [7, 11) is 3.04. The molecule has 4 nitrogen and oxygen atoms in total. The van der Waals surface area contributed by atoms with E-state index in [2.05, 4.69) is 5.32 Å². The number of hydrogen-bond donors (Lipinski definition) is 1. The lowest BCUT2D eigenvalue weighted by Crippen LogP contribution is -2.16. The van der Waals surface area contributed by atoms with Crippen LogP contribution in [0.25, 0.3) is 0 Å². The summed E-state index contributed by atoms with van der Waals surface area (Å²) in [6.07, 6.45) is 0.269. The minimum atomic E-state index is -0.244. The lowest BCUT2D eigenvalue weighted by atomic mass is 10.0. The summed E-state index contributed by atoms with van der Waals surface area (Å²) in [5, 5.41) is 3.37. The monoisotopic (exact) mass is 299 g/mol. The molecule has 2 aromatic rings. The standard InChI is InChI=1S/C18H21NO3/c1-13-4-6-14(7-5-13)17(12-18(20)22-3)19-15-8-10-16(21-2)11-9-15/h4-11,17,19H,12H2,1-3H3/t17-/m1/s1. The van der Waals surface area contributed by atoms with Gasteiger partial charge in [-0.25, -0.2) is 0 Å². The van der Waals surface area contributed by atoms with Gasteiger partial charge in [-0.3, -0.25) is 4.79 Å². The summed E-state index contributed by atoms with van der Waals surface area (Å²) in [6.45, 7) is 2.04. The molecule has 116 valence electrons. The molecule has 0 radical (unpaired) electrons. The molecule has 1 atom stereocenters. The van der Waals surface area contributed by atoms with Crippen molar-refractivity contribution in [3.8, 4) is 5.75 Å². The van der Waals surface area contributed by atoms with E-state index in [4.69, 9.17) is 9.47 Å². The van der Waals surface area contributed by atoms with E-state index in [1.54, 1.807) is 7.11 Å². The first kappa shape index (κ1) is 15.9. The van der Waals surface area contributed by atoms with Crippen LogP contribution in [-0.4, -0.2) is 20.2 Å². The van der Waals surface area contributed by atoms with Crippen molar-refractivity contribution in [2.24, 2.45) is 0 Å². The third kappa shape index (κ3) is 4.25. The molecule has 0 spiro atoms. The van der Waals surface area contributed by atoms with Crippen LogP contribution < -0.4 is 10.1 Å². The van der Waals surface area contributed by atoms with E-state index in [1.165, 1.54) is 12.7 Å². The van der Waals surface area contributed by atoms with Crippen LogP contribution >= 0.6 is 0 Å². The first-order valence-corrected chi connectivity index (χ1v) is 7.16. The smallest absolute Gasteiger partial charge is 0.307 e. The molecule has 0 heterocycles. The normalized spacial score (nSPS) is 11.6. The Hall–Kier alpha value is -2.49. The number of aryl methyl sites for hydroxylation is 1. The van der Waals surface area contributed by atoms with Crippen molar-refractivity contribution in [3.05, 3.63) is 59.7 Å². The summed E-state index contributed by atoms with van der Waals surface area (Å²) >= 11 is 0. The zero-order valence-corrected chi connectivity index (χ0v) is 13.1. The van der Waals surface area contributed by atoms with E-state index in [-0.39, 0.29) is 18.4 Å². The van der Waals surface area contributed by atoms with Gasteiger partial charge in [-0.1, -0.05) is 29.8 Å². The molecule has 0 aliphatic heterocycles. The number of esters is 1. The maximum Gasteiger partial charge on any atom is 0.307 e. The van der Waals surface area contributed by atoms with E-state index >= 15 is 0 Å². The van der Waals surface area contributed by atoms with Crippen LogP contribution in [0.5, 0.6) is 5.75 Å². The summed E-state index contributed by atoms with van der Waals surface area (Å²) in [5.41, 5.74) is 3.16. The zero-order valence-electron chi connectivity index (χ0n) is 13.1. The number of nitrogens with one attached hydrogen (secondary N) is 1. The van der Waals surface area contributed by atoms with Gasteiger partial charge in [0.15, 0.2) is 0 Å². The second kappa shape index (κ2) is 7.50. The summed E-state index contributed by atoms with van der Waals surface area (Å²) in [4.78, 5) is 11.7. The number of methoxy groups -OCH3 is 2. The van der Waals surface area contributed by atoms with Gasteiger partial charge in [0.2, 0.25) is 0 Å². The lowest BCUT2D eigenvalue weighted by Gasteiger charge is -2.20. The molecule has 0 aromatic heterocycles. The molecule has 0 aliphatic rings. The van der Waals surface area contributed by atoms with Crippen LogP contribution in [0, 0.1) is 6.92 Å². The molecule has 4 heteroatoms. The maximum atomic E-state index is 11.7. The molecule has 0 aliphatic carbocycles. The SMILES string of the molecule is COC(=O)C[C@@H](Nc1ccc(OC)cc1)c1ccc(C)cc1. The molecule has 22 heavy (non-hydrogen) atoms. The zero-order chi connectivity index (χ0) is 15.9. The van der Waals surface area contributed by atoms with E-state index in [0.717, 1.165) is 17.0 Å². The average Bonchev–Trinajstić information content (AvgIpc) is 2.55. The fraction of sp³-hybridized carbons (Fsp3) is 0.278. The molecule has 0 saturated carbocycles. The number of anilines is 1. The number of hydrogen-bond acceptors (Lipinski definition) is 4. The highest BCUT2D eigenvalue weighted by Gasteiger charge is 2.16. The van der Waals surface area contributed by atoms with Gasteiger partial charge < -0.3 is 14.8 Å². The molecular weight excluding hydrogens is 278 g/mol. The quantitative estimate of drug-likeness (QED) is 0.826. The van der Waals surface area contributed by atoms with Gasteiger partial charge in [0.25, 0.3) is 0 Å². The molecule has 0 amide bonds. The third-order valence-corrected chi connectivity index (χ3v) is 3.51. The van der Waals surface area contributed by atoms with Gasteiger partial charge in [0.05, 0.1) is 26.7 Å². The summed E-state index contributed by atoms with van der Waals surface area (Å²) in [6, 6.07) is 15.6. The average molecular weight is 299 g/mol. The Bertz CT molecular complexity index is 605. The maximum absolute atomic E-state index is 11.7. The molecule has 0 saturated heterocycles. The van der Waals surface area contributed by atoms with Crippen molar-refractivity contribution in [2.75, 3.05) is 19.5 Å². The molecule has 1 N–H and O–H groups in total. The van der Waals surface area contributed by atoms with Crippen LogP contribution in [0.1, 0.15) is 23.6 Å². The molecule has 2 rings (SSSR count). The molecule has 0 bridgehead atoms. The van der Waals surface area contributed by atoms with E-state index in [1.807, 2.05) is 55.5 Å². The van der Waals surface area contributed by atoms with Gasteiger partial charge in [-0.05, 0) is 36.8 Å².